The highest BCUT2D eigenvalue weighted by atomic mass is 16.5. The molecular formula is C17H20N2O. The van der Waals surface area contributed by atoms with E-state index in [0.29, 0.717) is 6.04 Å². The highest BCUT2D eigenvalue weighted by Gasteiger charge is 2.20. The van der Waals surface area contributed by atoms with Crippen molar-refractivity contribution in [2.45, 2.75) is 32.4 Å². The molecule has 1 N–H and O–H groups in total. The van der Waals surface area contributed by atoms with Crippen LogP contribution >= 0.6 is 0 Å². The Bertz CT molecular complexity index is 606. The molecule has 0 amide bonds. The van der Waals surface area contributed by atoms with Gasteiger partial charge in [0, 0.05) is 24.3 Å². The minimum Gasteiger partial charge on any atom is -0.495 e. The summed E-state index contributed by atoms with van der Waals surface area (Å²) in [4.78, 5) is 4.26. The van der Waals surface area contributed by atoms with Gasteiger partial charge in [0.1, 0.15) is 5.75 Å². The Hall–Kier alpha value is -1.87. The van der Waals surface area contributed by atoms with Crippen LogP contribution in [0.1, 0.15) is 24.0 Å². The molecule has 0 bridgehead atoms. The quantitative estimate of drug-likeness (QED) is 0.903. The molecule has 3 rings (SSSR count). The number of aromatic nitrogens is 1. The molecule has 3 heteroatoms. The van der Waals surface area contributed by atoms with E-state index < -0.39 is 0 Å². The Labute approximate surface area is 120 Å². The molecule has 0 atom stereocenters. The summed E-state index contributed by atoms with van der Waals surface area (Å²) < 4.78 is 5.28. The average Bonchev–Trinajstić information content (AvgIpc) is 3.30. The number of hydrogen-bond donors (Lipinski definition) is 1. The molecule has 104 valence electrons. The number of benzene rings is 1. The summed E-state index contributed by atoms with van der Waals surface area (Å²) in [5, 5.41) is 3.58. The van der Waals surface area contributed by atoms with Gasteiger partial charge < -0.3 is 10.1 Å². The lowest BCUT2D eigenvalue weighted by molar-refractivity contribution is 0.413. The van der Waals surface area contributed by atoms with Crippen molar-refractivity contribution in [3.8, 4) is 16.9 Å². The van der Waals surface area contributed by atoms with Crippen LogP contribution in [0.2, 0.25) is 0 Å². The van der Waals surface area contributed by atoms with Crippen LogP contribution in [0.3, 0.4) is 0 Å². The zero-order chi connectivity index (χ0) is 13.9. The van der Waals surface area contributed by atoms with Gasteiger partial charge in [0.15, 0.2) is 0 Å². The first-order valence-corrected chi connectivity index (χ1v) is 7.08. The third kappa shape index (κ3) is 2.99. The van der Waals surface area contributed by atoms with Gasteiger partial charge in [0.05, 0.1) is 13.3 Å². The van der Waals surface area contributed by atoms with Gasteiger partial charge in [0.2, 0.25) is 0 Å². The summed E-state index contributed by atoms with van der Waals surface area (Å²) in [6, 6.07) is 9.36. The lowest BCUT2D eigenvalue weighted by Crippen LogP contribution is -2.15. The minimum absolute atomic E-state index is 0.715. The molecule has 1 aliphatic rings. The standard InChI is InChI=1S/C17H20N2O/c1-12-3-4-13(10-19-15-5-6-15)17(7-12)14-8-16(20-2)11-18-9-14/h3-4,7-9,11,15,19H,5-6,10H2,1-2H3. The highest BCUT2D eigenvalue weighted by Crippen LogP contribution is 2.28. The Morgan fingerprint density at radius 2 is 2.10 bits per heavy atom. The molecule has 1 fully saturated rings. The summed E-state index contributed by atoms with van der Waals surface area (Å²) in [6.07, 6.45) is 6.25. The van der Waals surface area contributed by atoms with E-state index >= 15 is 0 Å². The molecule has 0 saturated heterocycles. The van der Waals surface area contributed by atoms with Crippen LogP contribution < -0.4 is 10.1 Å². The maximum absolute atomic E-state index is 5.28. The Kier molecular flexibility index (Phi) is 3.70. The van der Waals surface area contributed by atoms with Gasteiger partial charge >= 0.3 is 0 Å². The zero-order valence-corrected chi connectivity index (χ0v) is 12.0. The number of pyridine rings is 1. The first-order valence-electron chi connectivity index (χ1n) is 7.08. The molecule has 1 heterocycles. The number of nitrogens with one attached hydrogen (secondary N) is 1. The number of nitrogens with zero attached hydrogens (tertiary/aromatic N) is 1. The van der Waals surface area contributed by atoms with Crippen molar-refractivity contribution >= 4 is 0 Å². The summed E-state index contributed by atoms with van der Waals surface area (Å²) in [7, 11) is 1.67. The second-order valence-electron chi connectivity index (χ2n) is 5.43. The second kappa shape index (κ2) is 5.63. The van der Waals surface area contributed by atoms with Gasteiger partial charge in [-0.25, -0.2) is 0 Å². The summed E-state index contributed by atoms with van der Waals surface area (Å²) in [5.74, 6) is 0.796. The van der Waals surface area contributed by atoms with E-state index in [9.17, 15) is 0 Å². The van der Waals surface area contributed by atoms with Crippen molar-refractivity contribution in [3.63, 3.8) is 0 Å². The maximum atomic E-state index is 5.28. The van der Waals surface area contributed by atoms with E-state index in [-0.39, 0.29) is 0 Å². The molecule has 0 unspecified atom stereocenters. The summed E-state index contributed by atoms with van der Waals surface area (Å²) >= 11 is 0. The van der Waals surface area contributed by atoms with Crippen molar-refractivity contribution in [2.75, 3.05) is 7.11 Å². The van der Waals surface area contributed by atoms with Crippen LogP contribution in [0, 0.1) is 6.92 Å². The molecule has 3 nitrogen and oxygen atoms in total. The van der Waals surface area contributed by atoms with Gasteiger partial charge in [-0.15, -0.1) is 0 Å². The van der Waals surface area contributed by atoms with Crippen LogP contribution in [-0.4, -0.2) is 18.1 Å². The number of ether oxygens (including phenoxy) is 1. The van der Waals surface area contributed by atoms with E-state index in [1.807, 2.05) is 12.3 Å². The predicted molar refractivity (Wildman–Crippen MR) is 80.8 cm³/mol. The average molecular weight is 268 g/mol. The van der Waals surface area contributed by atoms with Crippen molar-refractivity contribution in [1.29, 1.82) is 0 Å². The lowest BCUT2D eigenvalue weighted by Gasteiger charge is -2.12. The fourth-order valence-corrected chi connectivity index (χ4v) is 2.33. The first-order chi connectivity index (χ1) is 9.76. The normalized spacial score (nSPS) is 14.3. The first kappa shape index (κ1) is 13.1. The molecule has 20 heavy (non-hydrogen) atoms. The van der Waals surface area contributed by atoms with Gasteiger partial charge in [-0.05, 0) is 37.0 Å². The predicted octanol–water partition coefficient (Wildman–Crippen LogP) is 3.32. The van der Waals surface area contributed by atoms with Crippen molar-refractivity contribution in [1.82, 2.24) is 10.3 Å². The third-order valence-corrected chi connectivity index (χ3v) is 3.68. The van der Waals surface area contributed by atoms with E-state index in [1.54, 1.807) is 13.3 Å². The monoisotopic (exact) mass is 268 g/mol. The number of hydrogen-bond acceptors (Lipinski definition) is 3. The maximum Gasteiger partial charge on any atom is 0.137 e. The van der Waals surface area contributed by atoms with Crippen molar-refractivity contribution in [3.05, 3.63) is 47.8 Å². The summed E-state index contributed by atoms with van der Waals surface area (Å²) in [5.41, 5.74) is 4.93. The van der Waals surface area contributed by atoms with Gasteiger partial charge in [0.25, 0.3) is 0 Å². The number of aryl methyl sites for hydroxylation is 1. The van der Waals surface area contributed by atoms with E-state index in [2.05, 4.69) is 35.4 Å². The molecule has 2 aromatic rings. The van der Waals surface area contributed by atoms with Crippen LogP contribution in [0.4, 0.5) is 0 Å². The molecule has 1 aromatic carbocycles. The number of methoxy groups -OCH3 is 1. The van der Waals surface area contributed by atoms with Crippen LogP contribution in [0.5, 0.6) is 5.75 Å². The van der Waals surface area contributed by atoms with Crippen molar-refractivity contribution < 1.29 is 4.74 Å². The van der Waals surface area contributed by atoms with Crippen molar-refractivity contribution in [2.24, 2.45) is 0 Å². The van der Waals surface area contributed by atoms with Crippen LogP contribution in [0.25, 0.3) is 11.1 Å². The zero-order valence-electron chi connectivity index (χ0n) is 12.0. The molecule has 0 aliphatic heterocycles. The Morgan fingerprint density at radius 3 is 2.85 bits per heavy atom. The van der Waals surface area contributed by atoms with Crippen LogP contribution in [-0.2, 0) is 6.54 Å². The summed E-state index contributed by atoms with van der Waals surface area (Å²) in [6.45, 7) is 3.03. The van der Waals surface area contributed by atoms with E-state index in [0.717, 1.165) is 17.9 Å². The molecule has 1 aliphatic carbocycles. The van der Waals surface area contributed by atoms with Gasteiger partial charge in [-0.2, -0.15) is 0 Å². The SMILES string of the molecule is COc1cncc(-c2cc(C)ccc2CNC2CC2)c1. The smallest absolute Gasteiger partial charge is 0.137 e. The fourth-order valence-electron chi connectivity index (χ4n) is 2.33. The fraction of sp³-hybridized carbons (Fsp3) is 0.353. The second-order valence-corrected chi connectivity index (χ2v) is 5.43. The highest BCUT2D eigenvalue weighted by molar-refractivity contribution is 5.68. The molecule has 1 saturated carbocycles. The van der Waals surface area contributed by atoms with Gasteiger partial charge in [-0.1, -0.05) is 23.8 Å². The molecule has 0 radical (unpaired) electrons. The van der Waals surface area contributed by atoms with Gasteiger partial charge in [-0.3, -0.25) is 4.98 Å². The van der Waals surface area contributed by atoms with Crippen LogP contribution in [0.15, 0.2) is 36.7 Å². The van der Waals surface area contributed by atoms with E-state index in [1.165, 1.54) is 29.5 Å². The Balaban J connectivity index is 1.94. The lowest BCUT2D eigenvalue weighted by atomic mass is 9.98. The largest absolute Gasteiger partial charge is 0.495 e. The number of rotatable bonds is 5. The Morgan fingerprint density at radius 1 is 1.25 bits per heavy atom. The van der Waals surface area contributed by atoms with E-state index in [4.69, 9.17) is 4.74 Å². The topological polar surface area (TPSA) is 34.1 Å². The molecular weight excluding hydrogens is 248 g/mol. The molecule has 1 aromatic heterocycles. The molecule has 0 spiro atoms. The third-order valence-electron chi connectivity index (χ3n) is 3.68. The minimum atomic E-state index is 0.715.